The van der Waals surface area contributed by atoms with E-state index in [0.717, 1.165) is 12.8 Å². The van der Waals surface area contributed by atoms with Gasteiger partial charge >= 0.3 is 6.18 Å². The highest BCUT2D eigenvalue weighted by molar-refractivity contribution is 5.02. The summed E-state index contributed by atoms with van der Waals surface area (Å²) in [5.41, 5.74) is -0.811. The monoisotopic (exact) mass is 194 g/mol. The van der Waals surface area contributed by atoms with Gasteiger partial charge in [0.1, 0.15) is 5.60 Å². The molecule has 2 aliphatic rings. The van der Waals surface area contributed by atoms with Gasteiger partial charge in [-0.05, 0) is 12.8 Å². The van der Waals surface area contributed by atoms with Gasteiger partial charge < -0.3 is 4.74 Å². The molecule has 2 unspecified atom stereocenters. The second kappa shape index (κ2) is 2.87. The SMILES string of the molecule is FC(F)(F)C1CCCCCC12CO2. The predicted molar refractivity (Wildman–Crippen MR) is 41.3 cm³/mol. The summed E-state index contributed by atoms with van der Waals surface area (Å²) in [4.78, 5) is 0. The minimum atomic E-state index is -4.07. The molecule has 0 aromatic rings. The number of epoxide rings is 1. The summed E-state index contributed by atoms with van der Waals surface area (Å²) in [6.07, 6.45) is -0.735. The Hall–Kier alpha value is -0.250. The zero-order valence-electron chi connectivity index (χ0n) is 7.36. The molecule has 1 spiro atoms. The van der Waals surface area contributed by atoms with Crippen molar-refractivity contribution in [3.8, 4) is 0 Å². The van der Waals surface area contributed by atoms with E-state index < -0.39 is 17.7 Å². The highest BCUT2D eigenvalue weighted by Gasteiger charge is 2.61. The summed E-state index contributed by atoms with van der Waals surface area (Å²) in [5.74, 6) is -1.21. The van der Waals surface area contributed by atoms with Crippen LogP contribution in [-0.4, -0.2) is 18.4 Å². The van der Waals surface area contributed by atoms with Crippen LogP contribution >= 0.6 is 0 Å². The summed E-state index contributed by atoms with van der Waals surface area (Å²) < 4.78 is 42.8. The molecule has 0 bridgehead atoms. The van der Waals surface area contributed by atoms with Crippen LogP contribution < -0.4 is 0 Å². The lowest BCUT2D eigenvalue weighted by atomic mass is 9.88. The normalized spacial score (nSPS) is 40.4. The first kappa shape index (κ1) is 9.31. The largest absolute Gasteiger partial charge is 0.394 e. The molecule has 0 radical (unpaired) electrons. The minimum Gasteiger partial charge on any atom is -0.369 e. The van der Waals surface area contributed by atoms with E-state index in [1.165, 1.54) is 0 Å². The predicted octanol–water partition coefficient (Wildman–Crippen LogP) is 2.90. The Morgan fingerprint density at radius 1 is 1.15 bits per heavy atom. The quantitative estimate of drug-likeness (QED) is 0.540. The van der Waals surface area contributed by atoms with Gasteiger partial charge in [0.25, 0.3) is 0 Å². The smallest absolute Gasteiger partial charge is 0.369 e. The van der Waals surface area contributed by atoms with Crippen LogP contribution in [0.1, 0.15) is 32.1 Å². The van der Waals surface area contributed by atoms with Gasteiger partial charge in [0.2, 0.25) is 0 Å². The number of hydrogen-bond acceptors (Lipinski definition) is 1. The van der Waals surface area contributed by atoms with Crippen LogP contribution in [0, 0.1) is 5.92 Å². The third-order valence-electron chi connectivity index (χ3n) is 3.14. The van der Waals surface area contributed by atoms with E-state index in [2.05, 4.69) is 0 Å². The van der Waals surface area contributed by atoms with Crippen molar-refractivity contribution in [1.29, 1.82) is 0 Å². The molecule has 0 N–H and O–H groups in total. The van der Waals surface area contributed by atoms with Crippen LogP contribution in [0.4, 0.5) is 13.2 Å². The van der Waals surface area contributed by atoms with Crippen LogP contribution in [0.2, 0.25) is 0 Å². The number of ether oxygens (including phenoxy) is 1. The maximum absolute atomic E-state index is 12.6. The van der Waals surface area contributed by atoms with Crippen molar-refractivity contribution in [1.82, 2.24) is 0 Å². The number of halogens is 3. The topological polar surface area (TPSA) is 12.5 Å². The maximum Gasteiger partial charge on any atom is 0.394 e. The third kappa shape index (κ3) is 1.68. The van der Waals surface area contributed by atoms with E-state index in [1.54, 1.807) is 0 Å². The first-order valence-corrected chi connectivity index (χ1v) is 4.75. The van der Waals surface area contributed by atoms with E-state index in [9.17, 15) is 13.2 Å². The van der Waals surface area contributed by atoms with Gasteiger partial charge in [-0.3, -0.25) is 0 Å². The molecule has 1 nitrogen and oxygen atoms in total. The van der Waals surface area contributed by atoms with Crippen LogP contribution in [0.5, 0.6) is 0 Å². The average molecular weight is 194 g/mol. The average Bonchev–Trinajstić information content (AvgIpc) is 2.78. The van der Waals surface area contributed by atoms with Crippen molar-refractivity contribution in [2.75, 3.05) is 6.61 Å². The molecule has 2 rings (SSSR count). The molecule has 1 heterocycles. The lowest BCUT2D eigenvalue weighted by Gasteiger charge is -2.23. The summed E-state index contributed by atoms with van der Waals surface area (Å²) in [7, 11) is 0. The number of hydrogen-bond donors (Lipinski definition) is 0. The Morgan fingerprint density at radius 2 is 1.85 bits per heavy atom. The first-order chi connectivity index (χ1) is 6.05. The van der Waals surface area contributed by atoms with Gasteiger partial charge in [0.15, 0.2) is 0 Å². The van der Waals surface area contributed by atoms with E-state index >= 15 is 0 Å². The van der Waals surface area contributed by atoms with Crippen LogP contribution in [0.3, 0.4) is 0 Å². The molecule has 0 aromatic carbocycles. The van der Waals surface area contributed by atoms with E-state index in [-0.39, 0.29) is 6.42 Å². The number of rotatable bonds is 0. The van der Waals surface area contributed by atoms with Gasteiger partial charge in [0, 0.05) is 0 Å². The van der Waals surface area contributed by atoms with E-state index in [1.807, 2.05) is 0 Å². The molecule has 4 heteroatoms. The van der Waals surface area contributed by atoms with Crippen LogP contribution in [0.15, 0.2) is 0 Å². The molecule has 76 valence electrons. The summed E-state index contributed by atoms with van der Waals surface area (Å²) in [5, 5.41) is 0. The molecular weight excluding hydrogens is 181 g/mol. The lowest BCUT2D eigenvalue weighted by molar-refractivity contribution is -0.193. The highest BCUT2D eigenvalue weighted by atomic mass is 19.4. The fourth-order valence-electron chi connectivity index (χ4n) is 2.29. The second-order valence-corrected chi connectivity index (χ2v) is 4.05. The Kier molecular flexibility index (Phi) is 2.06. The Labute approximate surface area is 75.3 Å². The van der Waals surface area contributed by atoms with Crippen molar-refractivity contribution >= 4 is 0 Å². The van der Waals surface area contributed by atoms with Gasteiger partial charge in [-0.2, -0.15) is 13.2 Å². The van der Waals surface area contributed by atoms with Crippen LogP contribution in [0.25, 0.3) is 0 Å². The molecule has 2 fully saturated rings. The Morgan fingerprint density at radius 3 is 2.38 bits per heavy atom. The maximum atomic E-state index is 12.6. The molecule has 1 aliphatic heterocycles. The summed E-state index contributed by atoms with van der Waals surface area (Å²) >= 11 is 0. The summed E-state index contributed by atoms with van der Waals surface area (Å²) in [6.45, 7) is 0.317. The Balaban J connectivity index is 2.13. The van der Waals surface area contributed by atoms with Gasteiger partial charge in [-0.25, -0.2) is 0 Å². The fourth-order valence-corrected chi connectivity index (χ4v) is 2.29. The molecule has 0 aromatic heterocycles. The fraction of sp³-hybridized carbons (Fsp3) is 1.00. The van der Waals surface area contributed by atoms with Crippen molar-refractivity contribution in [3.05, 3.63) is 0 Å². The van der Waals surface area contributed by atoms with Gasteiger partial charge in [-0.15, -0.1) is 0 Å². The zero-order chi connectivity index (χ0) is 9.53. The summed E-state index contributed by atoms with van der Waals surface area (Å²) in [6, 6.07) is 0. The van der Waals surface area contributed by atoms with Crippen LogP contribution in [-0.2, 0) is 4.74 Å². The molecule has 0 amide bonds. The van der Waals surface area contributed by atoms with Crippen molar-refractivity contribution < 1.29 is 17.9 Å². The van der Waals surface area contributed by atoms with Crippen molar-refractivity contribution in [2.45, 2.75) is 43.9 Å². The van der Waals surface area contributed by atoms with Crippen molar-refractivity contribution in [2.24, 2.45) is 5.92 Å². The first-order valence-electron chi connectivity index (χ1n) is 4.75. The minimum absolute atomic E-state index is 0.253. The molecule has 1 saturated carbocycles. The van der Waals surface area contributed by atoms with E-state index in [4.69, 9.17) is 4.74 Å². The van der Waals surface area contributed by atoms with E-state index in [0.29, 0.717) is 19.4 Å². The molecule has 13 heavy (non-hydrogen) atoms. The molecular formula is C9H13F3O. The van der Waals surface area contributed by atoms with Gasteiger partial charge in [-0.1, -0.05) is 19.3 Å². The van der Waals surface area contributed by atoms with Gasteiger partial charge in [0.05, 0.1) is 12.5 Å². The molecule has 2 atom stereocenters. The Bertz CT molecular complexity index is 196. The zero-order valence-corrected chi connectivity index (χ0v) is 7.36. The highest BCUT2D eigenvalue weighted by Crippen LogP contribution is 2.51. The number of alkyl halides is 3. The second-order valence-electron chi connectivity index (χ2n) is 4.05. The van der Waals surface area contributed by atoms with Crippen molar-refractivity contribution in [3.63, 3.8) is 0 Å². The third-order valence-corrected chi connectivity index (χ3v) is 3.14. The molecule has 1 saturated heterocycles. The lowest BCUT2D eigenvalue weighted by Crippen LogP contribution is -2.36. The molecule has 1 aliphatic carbocycles. The standard InChI is InChI=1S/C9H13F3O/c10-9(11,12)7-4-2-1-3-5-8(7)6-13-8/h7H,1-6H2.